The zero-order chi connectivity index (χ0) is 24.9. The second-order valence-corrected chi connectivity index (χ2v) is 8.49. The van der Waals surface area contributed by atoms with E-state index in [0.717, 1.165) is 11.1 Å². The number of benzene rings is 1. The molecule has 0 saturated heterocycles. The molecule has 35 heavy (non-hydrogen) atoms. The Labute approximate surface area is 202 Å². The van der Waals surface area contributed by atoms with Gasteiger partial charge in [-0.05, 0) is 42.2 Å². The van der Waals surface area contributed by atoms with Crippen LogP contribution in [0, 0.1) is 11.7 Å². The van der Waals surface area contributed by atoms with Crippen LogP contribution in [0.4, 0.5) is 10.2 Å². The first kappa shape index (κ1) is 24.2. The second-order valence-electron chi connectivity index (χ2n) is 8.49. The van der Waals surface area contributed by atoms with Crippen molar-refractivity contribution in [3.05, 3.63) is 77.8 Å². The fraction of sp³-hybridized carbons (Fsp3) is 0.269. The highest BCUT2D eigenvalue weighted by Gasteiger charge is 2.16. The van der Waals surface area contributed by atoms with Crippen LogP contribution >= 0.6 is 0 Å². The molecule has 3 aromatic heterocycles. The molecule has 8 nitrogen and oxygen atoms in total. The summed E-state index contributed by atoms with van der Waals surface area (Å²) in [6, 6.07) is 10.1. The van der Waals surface area contributed by atoms with Crippen LogP contribution in [0.3, 0.4) is 0 Å². The minimum absolute atomic E-state index is 0.0759. The van der Waals surface area contributed by atoms with E-state index in [4.69, 9.17) is 0 Å². The fourth-order valence-corrected chi connectivity index (χ4v) is 3.82. The van der Waals surface area contributed by atoms with Crippen LogP contribution in [0.2, 0.25) is 0 Å². The van der Waals surface area contributed by atoms with Gasteiger partial charge in [0.05, 0.1) is 28.6 Å². The van der Waals surface area contributed by atoms with Crippen molar-refractivity contribution < 1.29 is 14.3 Å². The lowest BCUT2D eigenvalue weighted by Crippen LogP contribution is -2.18. The Hall–Kier alpha value is -3.98. The van der Waals surface area contributed by atoms with Crippen molar-refractivity contribution >= 4 is 22.6 Å². The molecule has 0 aliphatic rings. The van der Waals surface area contributed by atoms with Crippen molar-refractivity contribution in [3.63, 3.8) is 0 Å². The van der Waals surface area contributed by atoms with E-state index in [2.05, 4.69) is 30.6 Å². The summed E-state index contributed by atoms with van der Waals surface area (Å²) < 4.78 is 14.6. The van der Waals surface area contributed by atoms with Gasteiger partial charge in [0.1, 0.15) is 18.0 Å². The third-order valence-corrected chi connectivity index (χ3v) is 5.78. The van der Waals surface area contributed by atoms with Gasteiger partial charge >= 0.3 is 0 Å². The van der Waals surface area contributed by atoms with Gasteiger partial charge in [-0.2, -0.15) is 0 Å². The minimum Gasteiger partial charge on any atom is -0.387 e. The summed E-state index contributed by atoms with van der Waals surface area (Å²) in [5.74, 6) is -0.135. The van der Waals surface area contributed by atoms with Crippen LogP contribution in [0.1, 0.15) is 41.6 Å². The van der Waals surface area contributed by atoms with E-state index in [9.17, 15) is 14.3 Å². The molecule has 9 heteroatoms. The lowest BCUT2D eigenvalue weighted by molar-refractivity contribution is 0.0964. The number of aromatic nitrogens is 4. The number of rotatable bonds is 8. The molecule has 1 aromatic carbocycles. The first-order chi connectivity index (χ1) is 16.9. The van der Waals surface area contributed by atoms with Gasteiger partial charge in [-0.3, -0.25) is 14.8 Å². The van der Waals surface area contributed by atoms with Gasteiger partial charge < -0.3 is 15.7 Å². The molecule has 3 heterocycles. The van der Waals surface area contributed by atoms with Crippen molar-refractivity contribution in [2.24, 2.45) is 5.92 Å². The van der Waals surface area contributed by atoms with Crippen molar-refractivity contribution in [2.75, 3.05) is 18.9 Å². The number of nitrogens with zero attached hydrogens (tertiary/aromatic N) is 4. The van der Waals surface area contributed by atoms with Gasteiger partial charge in [0.2, 0.25) is 0 Å². The topological polar surface area (TPSA) is 113 Å². The van der Waals surface area contributed by atoms with E-state index >= 15 is 0 Å². The highest BCUT2D eigenvalue weighted by molar-refractivity contribution is 6.06. The monoisotopic (exact) mass is 474 g/mol. The Bertz CT molecular complexity index is 1340. The van der Waals surface area contributed by atoms with Gasteiger partial charge in [-0.25, -0.2) is 14.4 Å². The number of aliphatic hydroxyl groups is 1. The van der Waals surface area contributed by atoms with Crippen LogP contribution in [-0.2, 0) is 6.42 Å². The Morgan fingerprint density at radius 3 is 2.63 bits per heavy atom. The molecule has 0 fully saturated rings. The van der Waals surface area contributed by atoms with Gasteiger partial charge in [0.25, 0.3) is 5.91 Å². The van der Waals surface area contributed by atoms with Gasteiger partial charge in [0.15, 0.2) is 0 Å². The van der Waals surface area contributed by atoms with E-state index in [1.54, 1.807) is 18.3 Å². The molecule has 4 aromatic rings. The molecule has 4 rings (SSSR count). The summed E-state index contributed by atoms with van der Waals surface area (Å²) in [4.78, 5) is 29.5. The molecule has 1 atom stereocenters. The molecule has 0 radical (unpaired) electrons. The average Bonchev–Trinajstić information content (AvgIpc) is 2.89. The molecule has 180 valence electrons. The highest BCUT2D eigenvalue weighted by atomic mass is 19.1. The third-order valence-electron chi connectivity index (χ3n) is 5.78. The van der Waals surface area contributed by atoms with Crippen molar-refractivity contribution in [1.29, 1.82) is 0 Å². The molecule has 0 aliphatic heterocycles. The van der Waals surface area contributed by atoms with Crippen molar-refractivity contribution in [3.8, 4) is 11.3 Å². The largest absolute Gasteiger partial charge is 0.387 e. The predicted octanol–water partition coefficient (Wildman–Crippen LogP) is 3.93. The summed E-state index contributed by atoms with van der Waals surface area (Å²) in [6.07, 6.45) is 4.60. The number of halogens is 1. The molecular formula is C26H27FN6O2. The van der Waals surface area contributed by atoms with Crippen LogP contribution in [0.5, 0.6) is 0 Å². The van der Waals surface area contributed by atoms with E-state index in [-0.39, 0.29) is 22.8 Å². The summed E-state index contributed by atoms with van der Waals surface area (Å²) in [6.45, 7) is 4.39. The van der Waals surface area contributed by atoms with Crippen molar-refractivity contribution in [2.45, 2.75) is 26.4 Å². The second kappa shape index (κ2) is 10.5. The Morgan fingerprint density at radius 1 is 1.09 bits per heavy atom. The molecule has 3 N–H and O–H groups in total. The van der Waals surface area contributed by atoms with E-state index in [1.165, 1.54) is 31.7 Å². The first-order valence-electron chi connectivity index (χ1n) is 11.4. The number of anilines is 1. The Balaban J connectivity index is 1.49. The van der Waals surface area contributed by atoms with Crippen LogP contribution in [0.25, 0.3) is 22.2 Å². The van der Waals surface area contributed by atoms with Crippen LogP contribution < -0.4 is 10.6 Å². The quantitative estimate of drug-likeness (QED) is 0.355. The number of hydrogen-bond donors (Lipinski definition) is 3. The Kier molecular flexibility index (Phi) is 7.26. The van der Waals surface area contributed by atoms with Gasteiger partial charge in [-0.15, -0.1) is 0 Å². The smallest absolute Gasteiger partial charge is 0.251 e. The fourth-order valence-electron chi connectivity index (χ4n) is 3.82. The first-order valence-corrected chi connectivity index (χ1v) is 11.4. The maximum absolute atomic E-state index is 14.6. The molecule has 1 amide bonds. The van der Waals surface area contributed by atoms with Crippen LogP contribution in [-0.4, -0.2) is 44.5 Å². The van der Waals surface area contributed by atoms with Crippen molar-refractivity contribution in [1.82, 2.24) is 25.3 Å². The molecule has 0 bridgehead atoms. The Morgan fingerprint density at radius 2 is 1.91 bits per heavy atom. The lowest BCUT2D eigenvalue weighted by Gasteiger charge is -2.14. The maximum atomic E-state index is 14.6. The number of fused-ring (bicyclic) bond motifs is 1. The summed E-state index contributed by atoms with van der Waals surface area (Å²) in [5.41, 5.74) is 3.67. The molecule has 0 spiro atoms. The van der Waals surface area contributed by atoms with E-state index < -0.39 is 11.9 Å². The molecular weight excluding hydrogens is 447 g/mol. The number of amides is 1. The van der Waals surface area contributed by atoms with Gasteiger partial charge in [-0.1, -0.05) is 19.9 Å². The number of hydrogen-bond acceptors (Lipinski definition) is 7. The third kappa shape index (κ3) is 5.25. The zero-order valence-corrected chi connectivity index (χ0v) is 19.8. The highest BCUT2D eigenvalue weighted by Crippen LogP contribution is 2.25. The number of carbonyl (C=O) groups excluding carboxylic acids is 1. The summed E-state index contributed by atoms with van der Waals surface area (Å²) in [5, 5.41) is 16.2. The predicted molar refractivity (Wildman–Crippen MR) is 132 cm³/mol. The standard InChI is InChI=1S/C26H27FN6O2/c1-15(2)25(34)20-7-5-17(13-31-20)21-12-22(33-14-32-21)29-10-8-16-4-6-19(27)23-18(26(35)28-3)9-11-30-24(16)23/h4-7,9,11-15,25,34H,8,10H2,1-3H3,(H,28,35)(H,29,32,33). The molecule has 0 aliphatic carbocycles. The summed E-state index contributed by atoms with van der Waals surface area (Å²) >= 11 is 0. The average molecular weight is 475 g/mol. The van der Waals surface area contributed by atoms with E-state index in [0.29, 0.717) is 35.7 Å². The lowest BCUT2D eigenvalue weighted by atomic mass is 10.0. The van der Waals surface area contributed by atoms with Crippen LogP contribution in [0.15, 0.2) is 55.1 Å². The number of carbonyl (C=O) groups is 1. The van der Waals surface area contributed by atoms with E-state index in [1.807, 2.05) is 26.0 Å². The normalized spacial score (nSPS) is 12.1. The molecule has 0 saturated carbocycles. The molecule has 1 unspecified atom stereocenters. The zero-order valence-electron chi connectivity index (χ0n) is 19.8. The SMILES string of the molecule is CNC(=O)c1ccnc2c(CCNc3cc(-c4ccc(C(O)C(C)C)nc4)ncn3)ccc(F)c12. The number of pyridine rings is 2. The number of nitrogens with one attached hydrogen (secondary N) is 2. The maximum Gasteiger partial charge on any atom is 0.251 e. The van der Waals surface area contributed by atoms with Gasteiger partial charge in [0, 0.05) is 43.0 Å². The summed E-state index contributed by atoms with van der Waals surface area (Å²) in [7, 11) is 1.51. The minimum atomic E-state index is -0.615. The number of aliphatic hydroxyl groups excluding tert-OH is 1.